The SMILES string of the molecule is C#CCCC(N)c1ccc(Br)cc1C. The second-order valence-corrected chi connectivity index (χ2v) is 4.27. The molecule has 1 aromatic carbocycles. The maximum Gasteiger partial charge on any atom is 0.0306 e. The van der Waals surface area contributed by atoms with Crippen LogP contribution in [0.4, 0.5) is 0 Å². The van der Waals surface area contributed by atoms with Crippen LogP contribution in [0.2, 0.25) is 0 Å². The van der Waals surface area contributed by atoms with E-state index in [4.69, 9.17) is 12.2 Å². The van der Waals surface area contributed by atoms with Gasteiger partial charge in [0.05, 0.1) is 0 Å². The highest BCUT2D eigenvalue weighted by atomic mass is 79.9. The van der Waals surface area contributed by atoms with E-state index in [0.29, 0.717) is 0 Å². The zero-order chi connectivity index (χ0) is 10.6. The van der Waals surface area contributed by atoms with Gasteiger partial charge in [-0.1, -0.05) is 22.0 Å². The van der Waals surface area contributed by atoms with Gasteiger partial charge in [0, 0.05) is 16.9 Å². The summed E-state index contributed by atoms with van der Waals surface area (Å²) >= 11 is 3.42. The first-order valence-corrected chi connectivity index (χ1v) is 5.39. The van der Waals surface area contributed by atoms with E-state index in [-0.39, 0.29) is 6.04 Å². The van der Waals surface area contributed by atoms with E-state index >= 15 is 0 Å². The van der Waals surface area contributed by atoms with Crippen molar-refractivity contribution in [1.82, 2.24) is 0 Å². The highest BCUT2D eigenvalue weighted by Gasteiger charge is 2.07. The molecular weight excluding hydrogens is 238 g/mol. The summed E-state index contributed by atoms with van der Waals surface area (Å²) in [6.45, 7) is 2.07. The summed E-state index contributed by atoms with van der Waals surface area (Å²) in [6.07, 6.45) is 6.78. The maximum absolute atomic E-state index is 6.02. The van der Waals surface area contributed by atoms with Crippen LogP contribution in [0.25, 0.3) is 0 Å². The molecule has 2 N–H and O–H groups in total. The Labute approximate surface area is 93.8 Å². The van der Waals surface area contributed by atoms with E-state index in [9.17, 15) is 0 Å². The van der Waals surface area contributed by atoms with Gasteiger partial charge in [-0.3, -0.25) is 0 Å². The zero-order valence-electron chi connectivity index (χ0n) is 8.26. The van der Waals surface area contributed by atoms with E-state index in [1.807, 2.05) is 6.07 Å². The second kappa shape index (κ2) is 5.19. The van der Waals surface area contributed by atoms with Crippen LogP contribution in [-0.2, 0) is 0 Å². The molecule has 1 rings (SSSR count). The van der Waals surface area contributed by atoms with Crippen molar-refractivity contribution < 1.29 is 0 Å². The molecule has 1 atom stereocenters. The third-order valence-electron chi connectivity index (χ3n) is 2.23. The van der Waals surface area contributed by atoms with Crippen molar-refractivity contribution in [2.24, 2.45) is 5.73 Å². The molecule has 0 bridgehead atoms. The number of halogens is 1. The minimum atomic E-state index is 0.0548. The predicted molar refractivity (Wildman–Crippen MR) is 63.9 cm³/mol. The van der Waals surface area contributed by atoms with Crippen molar-refractivity contribution in [2.75, 3.05) is 0 Å². The third-order valence-corrected chi connectivity index (χ3v) is 2.72. The summed E-state index contributed by atoms with van der Waals surface area (Å²) in [4.78, 5) is 0. The normalized spacial score (nSPS) is 12.1. The molecule has 0 aliphatic heterocycles. The van der Waals surface area contributed by atoms with E-state index in [1.54, 1.807) is 0 Å². The van der Waals surface area contributed by atoms with Gasteiger partial charge in [0.15, 0.2) is 0 Å². The molecule has 0 aliphatic rings. The largest absolute Gasteiger partial charge is 0.324 e. The summed E-state index contributed by atoms with van der Waals surface area (Å²) in [7, 11) is 0. The number of benzene rings is 1. The van der Waals surface area contributed by atoms with Gasteiger partial charge < -0.3 is 5.73 Å². The molecule has 0 saturated heterocycles. The van der Waals surface area contributed by atoms with Crippen LogP contribution < -0.4 is 5.73 Å². The summed E-state index contributed by atoms with van der Waals surface area (Å²) in [6, 6.07) is 6.20. The summed E-state index contributed by atoms with van der Waals surface area (Å²) in [5.41, 5.74) is 8.42. The van der Waals surface area contributed by atoms with Crippen LogP contribution in [-0.4, -0.2) is 0 Å². The number of hydrogen-bond donors (Lipinski definition) is 1. The van der Waals surface area contributed by atoms with Crippen molar-refractivity contribution in [3.63, 3.8) is 0 Å². The van der Waals surface area contributed by atoms with Gasteiger partial charge in [-0.2, -0.15) is 0 Å². The monoisotopic (exact) mass is 251 g/mol. The lowest BCUT2D eigenvalue weighted by Crippen LogP contribution is -2.11. The lowest BCUT2D eigenvalue weighted by Gasteiger charge is -2.13. The lowest BCUT2D eigenvalue weighted by molar-refractivity contribution is 0.664. The third kappa shape index (κ3) is 2.87. The van der Waals surface area contributed by atoms with Gasteiger partial charge in [-0.25, -0.2) is 0 Å². The van der Waals surface area contributed by atoms with Crippen molar-refractivity contribution in [3.8, 4) is 12.3 Å². The molecule has 2 heteroatoms. The van der Waals surface area contributed by atoms with Crippen molar-refractivity contribution >= 4 is 15.9 Å². The molecule has 74 valence electrons. The predicted octanol–water partition coefficient (Wildman–Crippen LogP) is 3.17. The number of rotatable bonds is 3. The summed E-state index contributed by atoms with van der Waals surface area (Å²) in [5.74, 6) is 2.61. The Morgan fingerprint density at radius 2 is 2.29 bits per heavy atom. The van der Waals surface area contributed by atoms with E-state index in [2.05, 4.69) is 40.9 Å². The van der Waals surface area contributed by atoms with Crippen LogP contribution in [0.1, 0.15) is 30.0 Å². The van der Waals surface area contributed by atoms with Gasteiger partial charge in [0.25, 0.3) is 0 Å². The quantitative estimate of drug-likeness (QED) is 0.821. The molecule has 0 radical (unpaired) electrons. The Morgan fingerprint density at radius 1 is 1.57 bits per heavy atom. The summed E-state index contributed by atoms with van der Waals surface area (Å²) in [5, 5.41) is 0. The van der Waals surface area contributed by atoms with Crippen LogP contribution >= 0.6 is 15.9 Å². The van der Waals surface area contributed by atoms with Gasteiger partial charge in [0.1, 0.15) is 0 Å². The van der Waals surface area contributed by atoms with Crippen LogP contribution in [0, 0.1) is 19.3 Å². The number of aryl methyl sites for hydroxylation is 1. The topological polar surface area (TPSA) is 26.0 Å². The van der Waals surface area contributed by atoms with Crippen molar-refractivity contribution in [2.45, 2.75) is 25.8 Å². The zero-order valence-corrected chi connectivity index (χ0v) is 9.84. The molecular formula is C12H14BrN. The molecule has 0 amide bonds. The molecule has 1 unspecified atom stereocenters. The average molecular weight is 252 g/mol. The fourth-order valence-electron chi connectivity index (χ4n) is 1.45. The molecule has 0 aliphatic carbocycles. The fraction of sp³-hybridized carbons (Fsp3) is 0.333. The first-order valence-electron chi connectivity index (χ1n) is 4.60. The smallest absolute Gasteiger partial charge is 0.0306 e. The highest BCUT2D eigenvalue weighted by Crippen LogP contribution is 2.22. The van der Waals surface area contributed by atoms with Crippen LogP contribution in [0.15, 0.2) is 22.7 Å². The number of hydrogen-bond acceptors (Lipinski definition) is 1. The molecule has 1 nitrogen and oxygen atoms in total. The standard InChI is InChI=1S/C12H14BrN/c1-3-4-5-12(14)11-7-6-10(13)8-9(11)2/h1,6-8,12H,4-5,14H2,2H3. The van der Waals surface area contributed by atoms with Gasteiger partial charge in [-0.05, 0) is 36.6 Å². The van der Waals surface area contributed by atoms with Crippen LogP contribution in [0.5, 0.6) is 0 Å². The fourth-order valence-corrected chi connectivity index (χ4v) is 1.93. The maximum atomic E-state index is 6.02. The Balaban J connectivity index is 2.80. The number of terminal acetylenes is 1. The Bertz CT molecular complexity index is 352. The molecule has 1 aromatic rings. The molecule has 0 spiro atoms. The minimum Gasteiger partial charge on any atom is -0.324 e. The molecule has 0 heterocycles. The van der Waals surface area contributed by atoms with Crippen molar-refractivity contribution in [1.29, 1.82) is 0 Å². The average Bonchev–Trinajstić information content (AvgIpc) is 2.14. The van der Waals surface area contributed by atoms with Gasteiger partial charge in [0.2, 0.25) is 0 Å². The second-order valence-electron chi connectivity index (χ2n) is 3.35. The first kappa shape index (κ1) is 11.3. The first-order chi connectivity index (χ1) is 6.65. The number of nitrogens with two attached hydrogens (primary N) is 1. The molecule has 0 saturated carbocycles. The summed E-state index contributed by atoms with van der Waals surface area (Å²) < 4.78 is 1.09. The van der Waals surface area contributed by atoms with Crippen molar-refractivity contribution in [3.05, 3.63) is 33.8 Å². The van der Waals surface area contributed by atoms with Crippen LogP contribution in [0.3, 0.4) is 0 Å². The van der Waals surface area contributed by atoms with E-state index in [1.165, 1.54) is 11.1 Å². The highest BCUT2D eigenvalue weighted by molar-refractivity contribution is 9.10. The van der Waals surface area contributed by atoms with E-state index in [0.717, 1.165) is 17.3 Å². The molecule has 14 heavy (non-hydrogen) atoms. The molecule has 0 fully saturated rings. The Hall–Kier alpha value is -0.780. The van der Waals surface area contributed by atoms with Gasteiger partial charge in [-0.15, -0.1) is 12.3 Å². The Kier molecular flexibility index (Phi) is 4.19. The Morgan fingerprint density at radius 3 is 2.86 bits per heavy atom. The van der Waals surface area contributed by atoms with E-state index < -0.39 is 0 Å². The minimum absolute atomic E-state index is 0.0548. The molecule has 0 aromatic heterocycles. The van der Waals surface area contributed by atoms with Gasteiger partial charge >= 0.3 is 0 Å². The lowest BCUT2D eigenvalue weighted by atomic mass is 9.99.